The number of halogens is 2. The number of hydrogen-bond acceptors (Lipinski definition) is 3. The lowest BCUT2D eigenvalue weighted by molar-refractivity contribution is -0.126. The van der Waals surface area contributed by atoms with Gasteiger partial charge in [0.25, 0.3) is 0 Å². The van der Waals surface area contributed by atoms with E-state index in [1.165, 1.54) is 6.07 Å². The minimum Gasteiger partial charge on any atom is -0.353 e. The van der Waals surface area contributed by atoms with Gasteiger partial charge in [0.15, 0.2) is 11.6 Å². The van der Waals surface area contributed by atoms with Crippen LogP contribution in [0.25, 0.3) is 0 Å². The molecule has 1 aromatic rings. The van der Waals surface area contributed by atoms with Crippen molar-refractivity contribution in [3.05, 3.63) is 35.4 Å². The molecule has 1 saturated heterocycles. The number of piperidine rings is 1. The monoisotopic (exact) mass is 325 g/mol. The molecule has 128 valence electrons. The van der Waals surface area contributed by atoms with Crippen molar-refractivity contribution in [2.45, 2.75) is 45.3 Å². The van der Waals surface area contributed by atoms with Crippen molar-refractivity contribution in [2.75, 3.05) is 13.1 Å². The summed E-state index contributed by atoms with van der Waals surface area (Å²) >= 11 is 0. The number of rotatable bonds is 5. The highest BCUT2D eigenvalue weighted by molar-refractivity contribution is 5.79. The zero-order valence-electron chi connectivity index (χ0n) is 13.7. The van der Waals surface area contributed by atoms with E-state index >= 15 is 0 Å². The standard InChI is InChI=1S/C17H25F2N3O/c1-11(12(2)20)17(23)21-14-5-7-22(8-6-14)10-13-3-4-15(18)16(19)9-13/h3-4,9,11-12,14H,5-8,10,20H2,1-2H3,(H,21,23). The number of likely N-dealkylation sites (tertiary alicyclic amines) is 1. The van der Waals surface area contributed by atoms with E-state index in [4.69, 9.17) is 5.73 Å². The fourth-order valence-electron chi connectivity index (χ4n) is 2.70. The van der Waals surface area contributed by atoms with E-state index in [1.807, 2.05) is 13.8 Å². The second-order valence-electron chi connectivity index (χ2n) is 6.46. The van der Waals surface area contributed by atoms with E-state index < -0.39 is 11.6 Å². The zero-order valence-corrected chi connectivity index (χ0v) is 13.7. The van der Waals surface area contributed by atoms with Crippen molar-refractivity contribution in [1.29, 1.82) is 0 Å². The van der Waals surface area contributed by atoms with E-state index in [0.29, 0.717) is 6.54 Å². The van der Waals surface area contributed by atoms with E-state index in [-0.39, 0.29) is 23.9 Å². The Morgan fingerprint density at radius 3 is 2.52 bits per heavy atom. The smallest absolute Gasteiger partial charge is 0.224 e. The van der Waals surface area contributed by atoms with E-state index in [1.54, 1.807) is 6.07 Å². The first kappa shape index (κ1) is 17.8. The van der Waals surface area contributed by atoms with E-state index in [2.05, 4.69) is 10.2 Å². The molecule has 1 aliphatic rings. The highest BCUT2D eigenvalue weighted by Gasteiger charge is 2.24. The highest BCUT2D eigenvalue weighted by atomic mass is 19.2. The summed E-state index contributed by atoms with van der Waals surface area (Å²) in [6.45, 7) is 5.88. The molecule has 4 nitrogen and oxygen atoms in total. The van der Waals surface area contributed by atoms with Crippen LogP contribution in [-0.4, -0.2) is 36.0 Å². The summed E-state index contributed by atoms with van der Waals surface area (Å²) in [5.41, 5.74) is 6.51. The lowest BCUT2D eigenvalue weighted by Gasteiger charge is -2.33. The average molecular weight is 325 g/mol. The van der Waals surface area contributed by atoms with Crippen LogP contribution in [0.1, 0.15) is 32.3 Å². The van der Waals surface area contributed by atoms with Crippen molar-refractivity contribution in [2.24, 2.45) is 11.7 Å². The van der Waals surface area contributed by atoms with Crippen molar-refractivity contribution in [3.8, 4) is 0 Å². The minimum atomic E-state index is -0.821. The van der Waals surface area contributed by atoms with Gasteiger partial charge in [0.2, 0.25) is 5.91 Å². The molecule has 0 bridgehead atoms. The van der Waals surface area contributed by atoms with Gasteiger partial charge >= 0.3 is 0 Å². The lowest BCUT2D eigenvalue weighted by atomic mass is 10.00. The van der Waals surface area contributed by atoms with Gasteiger partial charge in [0.05, 0.1) is 0 Å². The summed E-state index contributed by atoms with van der Waals surface area (Å²) in [6, 6.07) is 4.00. The molecule has 0 saturated carbocycles. The Hall–Kier alpha value is -1.53. The SMILES string of the molecule is CC(N)C(C)C(=O)NC1CCN(Cc2ccc(F)c(F)c2)CC1. The maximum Gasteiger partial charge on any atom is 0.224 e. The molecular formula is C17H25F2N3O. The Balaban J connectivity index is 1.79. The average Bonchev–Trinajstić information content (AvgIpc) is 2.52. The first-order valence-corrected chi connectivity index (χ1v) is 8.09. The molecule has 1 heterocycles. The van der Waals surface area contributed by atoms with Gasteiger partial charge in [-0.25, -0.2) is 8.78 Å². The van der Waals surface area contributed by atoms with Gasteiger partial charge in [0, 0.05) is 37.6 Å². The second-order valence-corrected chi connectivity index (χ2v) is 6.46. The number of nitrogens with one attached hydrogen (secondary N) is 1. The van der Waals surface area contributed by atoms with Crippen molar-refractivity contribution in [3.63, 3.8) is 0 Å². The number of hydrogen-bond donors (Lipinski definition) is 2. The predicted octanol–water partition coefficient (Wildman–Crippen LogP) is 2.03. The molecule has 0 radical (unpaired) electrons. The van der Waals surface area contributed by atoms with Crippen molar-refractivity contribution >= 4 is 5.91 Å². The third-order valence-electron chi connectivity index (χ3n) is 4.53. The highest BCUT2D eigenvalue weighted by Crippen LogP contribution is 2.16. The maximum absolute atomic E-state index is 13.2. The number of amides is 1. The van der Waals surface area contributed by atoms with Gasteiger partial charge < -0.3 is 11.1 Å². The number of nitrogens with zero attached hydrogens (tertiary/aromatic N) is 1. The summed E-state index contributed by atoms with van der Waals surface area (Å²) in [5.74, 6) is -1.83. The summed E-state index contributed by atoms with van der Waals surface area (Å²) in [6.07, 6.45) is 1.70. The molecule has 0 spiro atoms. The second kappa shape index (κ2) is 7.84. The lowest BCUT2D eigenvalue weighted by Crippen LogP contribution is -2.48. The van der Waals surface area contributed by atoms with Crippen LogP contribution >= 0.6 is 0 Å². The number of benzene rings is 1. The molecular weight excluding hydrogens is 300 g/mol. The van der Waals surface area contributed by atoms with Crippen LogP contribution in [0, 0.1) is 17.6 Å². The Bertz CT molecular complexity index is 543. The summed E-state index contributed by atoms with van der Waals surface area (Å²) in [7, 11) is 0. The van der Waals surface area contributed by atoms with Gasteiger partial charge in [-0.05, 0) is 37.5 Å². The first-order valence-electron chi connectivity index (χ1n) is 8.09. The fourth-order valence-corrected chi connectivity index (χ4v) is 2.70. The molecule has 2 rings (SSSR count). The predicted molar refractivity (Wildman–Crippen MR) is 85.6 cm³/mol. The van der Waals surface area contributed by atoms with Crippen molar-refractivity contribution < 1.29 is 13.6 Å². The van der Waals surface area contributed by atoms with Crippen LogP contribution in [-0.2, 0) is 11.3 Å². The van der Waals surface area contributed by atoms with Gasteiger partial charge in [-0.3, -0.25) is 9.69 Å². The fraction of sp³-hybridized carbons (Fsp3) is 0.588. The number of nitrogens with two attached hydrogens (primary N) is 1. The van der Waals surface area contributed by atoms with Gasteiger partial charge in [-0.2, -0.15) is 0 Å². The van der Waals surface area contributed by atoms with Crippen molar-refractivity contribution in [1.82, 2.24) is 10.2 Å². The van der Waals surface area contributed by atoms with Gasteiger partial charge in [-0.15, -0.1) is 0 Å². The van der Waals surface area contributed by atoms with Gasteiger partial charge in [-0.1, -0.05) is 13.0 Å². The van der Waals surface area contributed by atoms with E-state index in [0.717, 1.165) is 37.6 Å². The van der Waals surface area contributed by atoms with Crippen LogP contribution in [0.4, 0.5) is 8.78 Å². The van der Waals surface area contributed by atoms with Crippen LogP contribution in [0.15, 0.2) is 18.2 Å². The summed E-state index contributed by atoms with van der Waals surface area (Å²) < 4.78 is 26.2. The number of carbonyl (C=O) groups is 1. The first-order chi connectivity index (χ1) is 10.9. The molecule has 1 fully saturated rings. The Kier molecular flexibility index (Phi) is 6.07. The maximum atomic E-state index is 13.2. The molecule has 0 aliphatic carbocycles. The Labute approximate surface area is 136 Å². The molecule has 1 amide bonds. The minimum absolute atomic E-state index is 0.000874. The quantitative estimate of drug-likeness (QED) is 0.871. The van der Waals surface area contributed by atoms with Gasteiger partial charge in [0.1, 0.15) is 0 Å². The molecule has 2 atom stereocenters. The Morgan fingerprint density at radius 1 is 1.30 bits per heavy atom. The van der Waals surface area contributed by atoms with Crippen LogP contribution < -0.4 is 11.1 Å². The normalized spacial score (nSPS) is 19.3. The summed E-state index contributed by atoms with van der Waals surface area (Å²) in [4.78, 5) is 14.2. The zero-order chi connectivity index (χ0) is 17.0. The molecule has 0 aromatic heterocycles. The van der Waals surface area contributed by atoms with E-state index in [9.17, 15) is 13.6 Å². The number of carbonyl (C=O) groups excluding carboxylic acids is 1. The molecule has 2 unspecified atom stereocenters. The topological polar surface area (TPSA) is 58.4 Å². The third-order valence-corrected chi connectivity index (χ3v) is 4.53. The largest absolute Gasteiger partial charge is 0.353 e. The Morgan fingerprint density at radius 2 is 1.96 bits per heavy atom. The summed E-state index contributed by atoms with van der Waals surface area (Å²) in [5, 5.41) is 3.05. The molecule has 3 N–H and O–H groups in total. The third kappa shape index (κ3) is 4.97. The molecule has 23 heavy (non-hydrogen) atoms. The van der Waals surface area contributed by atoms with Crippen LogP contribution in [0.2, 0.25) is 0 Å². The molecule has 1 aliphatic heterocycles. The van der Waals surface area contributed by atoms with Crippen LogP contribution in [0.3, 0.4) is 0 Å². The molecule has 1 aromatic carbocycles. The van der Waals surface area contributed by atoms with Crippen LogP contribution in [0.5, 0.6) is 0 Å². The molecule has 6 heteroatoms.